The number of hydrogen-bond acceptors (Lipinski definition) is 4. The van der Waals surface area contributed by atoms with Crippen LogP contribution < -0.4 is 4.74 Å². The number of aromatic nitrogens is 1. The van der Waals surface area contributed by atoms with Crippen LogP contribution in [0.2, 0.25) is 5.02 Å². The van der Waals surface area contributed by atoms with Crippen molar-refractivity contribution in [2.75, 3.05) is 6.61 Å². The Labute approximate surface area is 131 Å². The maximum Gasteiger partial charge on any atom is 0.176 e. The van der Waals surface area contributed by atoms with E-state index in [1.807, 2.05) is 24.3 Å². The molecular weight excluding hydrogens is 306 g/mol. The van der Waals surface area contributed by atoms with Crippen LogP contribution in [0.4, 0.5) is 0 Å². The molecule has 0 saturated carbocycles. The molecule has 0 aliphatic heterocycles. The second-order valence-electron chi connectivity index (χ2n) is 4.53. The highest BCUT2D eigenvalue weighted by atomic mass is 35.5. The van der Waals surface area contributed by atoms with Gasteiger partial charge in [-0.05, 0) is 36.4 Å². The van der Waals surface area contributed by atoms with Gasteiger partial charge in [0, 0.05) is 5.02 Å². The van der Waals surface area contributed by atoms with Crippen LogP contribution in [0.15, 0.2) is 48.5 Å². The predicted molar refractivity (Wildman–Crippen MR) is 85.3 cm³/mol. The van der Waals surface area contributed by atoms with Crippen molar-refractivity contribution in [3.8, 4) is 5.75 Å². The van der Waals surface area contributed by atoms with Crippen molar-refractivity contribution in [2.24, 2.45) is 0 Å². The Bertz CT molecular complexity index is 734. The Hall–Kier alpha value is -1.91. The molecule has 2 aromatic carbocycles. The summed E-state index contributed by atoms with van der Waals surface area (Å²) in [4.78, 5) is 16.4. The van der Waals surface area contributed by atoms with Crippen LogP contribution in [0.3, 0.4) is 0 Å². The van der Waals surface area contributed by atoms with E-state index in [1.165, 1.54) is 0 Å². The van der Waals surface area contributed by atoms with Gasteiger partial charge in [0.05, 0.1) is 16.6 Å². The minimum atomic E-state index is 0.00371. The fourth-order valence-corrected chi connectivity index (χ4v) is 3.03. The third-order valence-electron chi connectivity index (χ3n) is 2.90. The first-order valence-corrected chi connectivity index (χ1v) is 7.65. The SMILES string of the molecule is O=C(COc1ccc(Cl)cc1)Cc1nc2ccccc2s1. The summed E-state index contributed by atoms with van der Waals surface area (Å²) in [5.74, 6) is 0.640. The van der Waals surface area contributed by atoms with E-state index in [2.05, 4.69) is 4.98 Å². The number of benzene rings is 2. The highest BCUT2D eigenvalue weighted by Gasteiger charge is 2.09. The van der Waals surface area contributed by atoms with Crippen LogP contribution in [0.1, 0.15) is 5.01 Å². The standard InChI is InChI=1S/C16H12ClNO2S/c17-11-5-7-13(8-6-11)20-10-12(19)9-16-18-14-3-1-2-4-15(14)21-16/h1-8H,9-10H2. The number of halogens is 1. The third kappa shape index (κ3) is 3.60. The molecule has 0 radical (unpaired) electrons. The van der Waals surface area contributed by atoms with Crippen LogP contribution in [-0.2, 0) is 11.2 Å². The molecule has 0 fully saturated rings. The lowest BCUT2D eigenvalue weighted by atomic mass is 10.3. The minimum absolute atomic E-state index is 0.00371. The zero-order valence-electron chi connectivity index (χ0n) is 11.1. The third-order valence-corrected chi connectivity index (χ3v) is 4.19. The lowest BCUT2D eigenvalue weighted by Gasteiger charge is -2.04. The molecular formula is C16H12ClNO2S. The molecule has 21 heavy (non-hydrogen) atoms. The van der Waals surface area contributed by atoms with Gasteiger partial charge in [-0.2, -0.15) is 0 Å². The van der Waals surface area contributed by atoms with E-state index in [4.69, 9.17) is 16.3 Å². The topological polar surface area (TPSA) is 39.2 Å². The van der Waals surface area contributed by atoms with Gasteiger partial charge < -0.3 is 4.74 Å². The van der Waals surface area contributed by atoms with E-state index in [-0.39, 0.29) is 12.4 Å². The molecule has 0 atom stereocenters. The number of rotatable bonds is 5. The normalized spacial score (nSPS) is 10.7. The minimum Gasteiger partial charge on any atom is -0.486 e. The molecule has 3 rings (SSSR count). The quantitative estimate of drug-likeness (QED) is 0.710. The molecule has 0 saturated heterocycles. The number of nitrogens with zero attached hydrogens (tertiary/aromatic N) is 1. The molecule has 0 unspecified atom stereocenters. The molecule has 1 aromatic heterocycles. The van der Waals surface area contributed by atoms with E-state index in [0.717, 1.165) is 15.2 Å². The molecule has 0 spiro atoms. The number of Topliss-reactive ketones (excluding diaryl/α,β-unsaturated/α-hetero) is 1. The first-order valence-electron chi connectivity index (χ1n) is 6.45. The molecule has 0 aliphatic rings. The van der Waals surface area contributed by atoms with Gasteiger partial charge in [-0.25, -0.2) is 4.98 Å². The van der Waals surface area contributed by atoms with Crippen molar-refractivity contribution in [3.05, 3.63) is 58.6 Å². The summed E-state index contributed by atoms with van der Waals surface area (Å²) >= 11 is 7.34. The zero-order valence-corrected chi connectivity index (χ0v) is 12.7. The summed E-state index contributed by atoms with van der Waals surface area (Å²) in [6.07, 6.45) is 0.299. The Balaban J connectivity index is 1.59. The number of carbonyl (C=O) groups excluding carboxylic acids is 1. The number of hydrogen-bond donors (Lipinski definition) is 0. The second-order valence-corrected chi connectivity index (χ2v) is 6.09. The number of fused-ring (bicyclic) bond motifs is 1. The van der Waals surface area contributed by atoms with Gasteiger partial charge in [0.25, 0.3) is 0 Å². The number of ether oxygens (including phenoxy) is 1. The maximum absolute atomic E-state index is 11.9. The van der Waals surface area contributed by atoms with Gasteiger partial charge >= 0.3 is 0 Å². The number of ketones is 1. The number of carbonyl (C=O) groups is 1. The van der Waals surface area contributed by atoms with Gasteiger partial charge in [0.2, 0.25) is 0 Å². The van der Waals surface area contributed by atoms with Gasteiger partial charge in [0.15, 0.2) is 5.78 Å². The predicted octanol–water partition coefficient (Wildman–Crippen LogP) is 4.14. The zero-order chi connectivity index (χ0) is 14.7. The molecule has 0 bridgehead atoms. The molecule has 0 N–H and O–H groups in total. The van der Waals surface area contributed by atoms with Crippen molar-refractivity contribution in [2.45, 2.75) is 6.42 Å². The Morgan fingerprint density at radius 2 is 1.90 bits per heavy atom. The molecule has 0 aliphatic carbocycles. The summed E-state index contributed by atoms with van der Waals surface area (Å²) in [6.45, 7) is 0.0392. The van der Waals surface area contributed by atoms with E-state index >= 15 is 0 Å². The largest absolute Gasteiger partial charge is 0.486 e. The Morgan fingerprint density at radius 3 is 2.67 bits per heavy atom. The van der Waals surface area contributed by atoms with Crippen molar-refractivity contribution in [1.82, 2.24) is 4.98 Å². The molecule has 3 nitrogen and oxygen atoms in total. The van der Waals surface area contributed by atoms with Gasteiger partial charge in [-0.1, -0.05) is 23.7 Å². The van der Waals surface area contributed by atoms with Gasteiger partial charge in [-0.15, -0.1) is 11.3 Å². The smallest absolute Gasteiger partial charge is 0.176 e. The first kappa shape index (κ1) is 14.0. The second kappa shape index (κ2) is 6.24. The average Bonchev–Trinajstić information content (AvgIpc) is 2.88. The van der Waals surface area contributed by atoms with Gasteiger partial charge in [-0.3, -0.25) is 4.79 Å². The maximum atomic E-state index is 11.9. The van der Waals surface area contributed by atoms with Crippen molar-refractivity contribution in [3.63, 3.8) is 0 Å². The van der Waals surface area contributed by atoms with E-state index < -0.39 is 0 Å². The molecule has 1 heterocycles. The van der Waals surface area contributed by atoms with Crippen LogP contribution >= 0.6 is 22.9 Å². The lowest BCUT2D eigenvalue weighted by molar-refractivity contribution is -0.120. The number of para-hydroxylation sites is 1. The summed E-state index contributed by atoms with van der Waals surface area (Å²) in [5, 5.41) is 1.46. The van der Waals surface area contributed by atoms with Crippen LogP contribution in [0.5, 0.6) is 5.75 Å². The van der Waals surface area contributed by atoms with E-state index in [1.54, 1.807) is 35.6 Å². The summed E-state index contributed by atoms with van der Waals surface area (Å²) in [6, 6.07) is 14.8. The highest BCUT2D eigenvalue weighted by molar-refractivity contribution is 7.18. The van der Waals surface area contributed by atoms with Crippen LogP contribution in [0, 0.1) is 0 Å². The monoisotopic (exact) mass is 317 g/mol. The van der Waals surface area contributed by atoms with Crippen molar-refractivity contribution in [1.29, 1.82) is 0 Å². The highest BCUT2D eigenvalue weighted by Crippen LogP contribution is 2.22. The van der Waals surface area contributed by atoms with E-state index in [9.17, 15) is 4.79 Å². The fourth-order valence-electron chi connectivity index (χ4n) is 1.91. The summed E-state index contributed by atoms with van der Waals surface area (Å²) in [5.41, 5.74) is 0.934. The first-order chi connectivity index (χ1) is 10.2. The van der Waals surface area contributed by atoms with Gasteiger partial charge in [0.1, 0.15) is 17.4 Å². The Kier molecular flexibility index (Phi) is 4.18. The number of thiazole rings is 1. The van der Waals surface area contributed by atoms with Crippen molar-refractivity contribution < 1.29 is 9.53 Å². The molecule has 106 valence electrons. The molecule has 0 amide bonds. The molecule has 3 aromatic rings. The van der Waals surface area contributed by atoms with Crippen molar-refractivity contribution >= 4 is 38.9 Å². The Morgan fingerprint density at radius 1 is 1.14 bits per heavy atom. The summed E-state index contributed by atoms with van der Waals surface area (Å²) in [7, 11) is 0. The van der Waals surface area contributed by atoms with E-state index in [0.29, 0.717) is 17.2 Å². The fraction of sp³-hybridized carbons (Fsp3) is 0.125. The van der Waals surface area contributed by atoms with Crippen LogP contribution in [-0.4, -0.2) is 17.4 Å². The molecule has 5 heteroatoms. The average molecular weight is 318 g/mol. The summed E-state index contributed by atoms with van der Waals surface area (Å²) < 4.78 is 6.53. The lowest BCUT2D eigenvalue weighted by Crippen LogP contribution is -2.13. The van der Waals surface area contributed by atoms with Crippen LogP contribution in [0.25, 0.3) is 10.2 Å².